The maximum absolute atomic E-state index is 14.2. The third-order valence-electron chi connectivity index (χ3n) is 5.46. The predicted octanol–water partition coefficient (Wildman–Crippen LogP) is 1.72. The summed E-state index contributed by atoms with van der Waals surface area (Å²) in [6, 6.07) is 4.77. The van der Waals surface area contributed by atoms with E-state index in [1.165, 1.54) is 6.07 Å². The summed E-state index contributed by atoms with van der Waals surface area (Å²) >= 11 is 0. The molecule has 0 spiro atoms. The average Bonchev–Trinajstić information content (AvgIpc) is 2.77. The molecule has 8 nitrogen and oxygen atoms in total. The Labute approximate surface area is 182 Å². The topological polar surface area (TPSA) is 131 Å². The second kappa shape index (κ2) is 8.93. The van der Waals surface area contributed by atoms with Gasteiger partial charge < -0.3 is 21.5 Å². The number of ketones is 1. The van der Waals surface area contributed by atoms with Gasteiger partial charge in [0.1, 0.15) is 17.3 Å². The number of aliphatic hydroxyl groups excluding tert-OH is 1. The highest BCUT2D eigenvalue weighted by atomic mass is 19.1. The second-order valence-corrected chi connectivity index (χ2v) is 7.66. The van der Waals surface area contributed by atoms with E-state index in [1.54, 1.807) is 18.5 Å². The van der Waals surface area contributed by atoms with Crippen molar-refractivity contribution < 1.29 is 18.7 Å². The van der Waals surface area contributed by atoms with Gasteiger partial charge in [0.25, 0.3) is 0 Å². The van der Waals surface area contributed by atoms with Crippen LogP contribution in [0.2, 0.25) is 0 Å². The molecule has 32 heavy (non-hydrogen) atoms. The molecule has 3 aromatic rings. The molecule has 0 saturated carbocycles. The molecule has 166 valence electrons. The van der Waals surface area contributed by atoms with Gasteiger partial charge >= 0.3 is 0 Å². The van der Waals surface area contributed by atoms with Crippen molar-refractivity contribution in [3.8, 4) is 11.4 Å². The number of benzene rings is 1. The van der Waals surface area contributed by atoms with Crippen molar-refractivity contribution in [3.05, 3.63) is 65.7 Å². The fourth-order valence-electron chi connectivity index (χ4n) is 3.76. The normalized spacial score (nSPS) is 18.6. The molecular formula is C22H22F2N6O2. The molecule has 10 heteroatoms. The summed E-state index contributed by atoms with van der Waals surface area (Å²) < 4.78 is 28.3. The molecule has 0 unspecified atom stereocenters. The number of nitrogen functional groups attached to an aromatic ring is 1. The first-order chi connectivity index (χ1) is 15.3. The zero-order valence-corrected chi connectivity index (χ0v) is 17.1. The number of pyridine rings is 1. The van der Waals surface area contributed by atoms with Gasteiger partial charge in [-0.15, -0.1) is 0 Å². The number of aliphatic hydroxyl groups is 1. The van der Waals surface area contributed by atoms with Crippen LogP contribution in [0.3, 0.4) is 0 Å². The van der Waals surface area contributed by atoms with E-state index in [9.17, 15) is 18.7 Å². The first kappa shape index (κ1) is 21.7. The smallest absolute Gasteiger partial charge is 0.187 e. The molecule has 0 bridgehead atoms. The Morgan fingerprint density at radius 3 is 2.69 bits per heavy atom. The fraction of sp³-hybridized carbons (Fsp3) is 0.273. The van der Waals surface area contributed by atoms with Crippen LogP contribution in [0, 0.1) is 11.6 Å². The van der Waals surface area contributed by atoms with Gasteiger partial charge in [-0.1, -0.05) is 6.07 Å². The highest BCUT2D eigenvalue weighted by Crippen LogP contribution is 2.27. The van der Waals surface area contributed by atoms with Crippen LogP contribution in [0.1, 0.15) is 22.5 Å². The van der Waals surface area contributed by atoms with E-state index >= 15 is 0 Å². The maximum Gasteiger partial charge on any atom is 0.187 e. The number of nitrogens with zero attached hydrogens (tertiary/aromatic N) is 4. The van der Waals surface area contributed by atoms with Crippen LogP contribution in [0.15, 0.2) is 42.9 Å². The molecule has 1 aliphatic rings. The largest absolute Gasteiger partial charge is 0.396 e. The second-order valence-electron chi connectivity index (χ2n) is 7.66. The highest BCUT2D eigenvalue weighted by Gasteiger charge is 2.27. The number of carbonyl (C=O) groups excluding carboxylic acids is 1. The number of Topliss-reactive ketones (excluding diaryl/α,β-unsaturated/α-hetero) is 1. The van der Waals surface area contributed by atoms with E-state index in [1.807, 2.05) is 4.90 Å². The van der Waals surface area contributed by atoms with Crippen LogP contribution < -0.4 is 16.4 Å². The Hall–Kier alpha value is -3.50. The number of rotatable bonds is 5. The van der Waals surface area contributed by atoms with Crippen LogP contribution in [0.4, 0.5) is 20.2 Å². The number of anilines is 2. The molecule has 2 atom stereocenters. The summed E-state index contributed by atoms with van der Waals surface area (Å²) in [7, 11) is 0. The first-order valence-corrected chi connectivity index (χ1v) is 10.1. The van der Waals surface area contributed by atoms with Crippen molar-refractivity contribution in [3.63, 3.8) is 0 Å². The van der Waals surface area contributed by atoms with Crippen molar-refractivity contribution in [2.75, 3.05) is 23.7 Å². The van der Waals surface area contributed by atoms with Gasteiger partial charge in [0, 0.05) is 49.2 Å². The molecule has 5 N–H and O–H groups in total. The summed E-state index contributed by atoms with van der Waals surface area (Å²) in [5.74, 6) is -2.39. The van der Waals surface area contributed by atoms with Crippen LogP contribution in [-0.2, 0) is 6.42 Å². The molecule has 3 heterocycles. The van der Waals surface area contributed by atoms with Gasteiger partial charge in [-0.25, -0.2) is 18.7 Å². The van der Waals surface area contributed by atoms with E-state index in [0.29, 0.717) is 25.1 Å². The van der Waals surface area contributed by atoms with E-state index in [2.05, 4.69) is 15.0 Å². The first-order valence-electron chi connectivity index (χ1n) is 10.1. The maximum atomic E-state index is 14.2. The monoisotopic (exact) mass is 440 g/mol. The molecular weight excluding hydrogens is 418 g/mol. The Kier molecular flexibility index (Phi) is 6.06. The lowest BCUT2D eigenvalue weighted by Gasteiger charge is -2.36. The molecule has 1 saturated heterocycles. The third kappa shape index (κ3) is 4.27. The Morgan fingerprint density at radius 1 is 1.22 bits per heavy atom. The van der Waals surface area contributed by atoms with Crippen LogP contribution >= 0.6 is 0 Å². The molecule has 0 aliphatic carbocycles. The number of carbonyl (C=O) groups is 1. The van der Waals surface area contributed by atoms with Crippen molar-refractivity contribution in [2.45, 2.75) is 25.0 Å². The minimum Gasteiger partial charge on any atom is -0.396 e. The summed E-state index contributed by atoms with van der Waals surface area (Å²) in [5, 5.41) is 9.90. The predicted molar refractivity (Wildman–Crippen MR) is 115 cm³/mol. The van der Waals surface area contributed by atoms with Crippen LogP contribution in [0.5, 0.6) is 0 Å². The minimum absolute atomic E-state index is 0.00375. The number of hydrogen-bond acceptors (Lipinski definition) is 8. The molecule has 4 rings (SSSR count). The van der Waals surface area contributed by atoms with Gasteiger partial charge in [0.05, 0.1) is 23.6 Å². The van der Waals surface area contributed by atoms with Gasteiger partial charge in [-0.05, 0) is 24.6 Å². The van der Waals surface area contributed by atoms with Gasteiger partial charge in [0.2, 0.25) is 0 Å². The molecule has 0 amide bonds. The summed E-state index contributed by atoms with van der Waals surface area (Å²) in [4.78, 5) is 27.1. The van der Waals surface area contributed by atoms with E-state index in [4.69, 9.17) is 11.5 Å². The molecule has 1 aromatic carbocycles. The van der Waals surface area contributed by atoms with Crippen molar-refractivity contribution in [1.82, 2.24) is 15.0 Å². The summed E-state index contributed by atoms with van der Waals surface area (Å²) in [6.45, 7) is 1.01. The number of halogens is 2. The lowest BCUT2D eigenvalue weighted by molar-refractivity contribution is 0.0988. The van der Waals surface area contributed by atoms with Gasteiger partial charge in [0.15, 0.2) is 11.6 Å². The quantitative estimate of drug-likeness (QED) is 0.511. The van der Waals surface area contributed by atoms with E-state index in [0.717, 1.165) is 24.0 Å². The van der Waals surface area contributed by atoms with Crippen molar-refractivity contribution >= 4 is 17.2 Å². The zero-order chi connectivity index (χ0) is 22.8. The van der Waals surface area contributed by atoms with E-state index in [-0.39, 0.29) is 23.6 Å². The number of piperidine rings is 1. The lowest BCUT2D eigenvalue weighted by atomic mass is 10.00. The molecule has 1 aliphatic heterocycles. The van der Waals surface area contributed by atoms with Gasteiger partial charge in [-0.2, -0.15) is 0 Å². The third-order valence-corrected chi connectivity index (χ3v) is 5.46. The standard InChI is InChI=1S/C22H22F2N6O2/c23-13-2-1-3-14(24)20(13)22-28-10-15(25)21(29-22)19(32)8-12-9-27-6-4-17(12)30-7-5-18(31)16(26)11-30/h1-4,6,9-10,16,18,31H,5,7-8,11,25-26H2/t16-,18-/m1/s1. The summed E-state index contributed by atoms with van der Waals surface area (Å²) in [5.41, 5.74) is 12.7. The summed E-state index contributed by atoms with van der Waals surface area (Å²) in [6.07, 6.45) is 4.19. The Morgan fingerprint density at radius 2 is 1.97 bits per heavy atom. The minimum atomic E-state index is -0.841. The highest BCUT2D eigenvalue weighted by molar-refractivity contribution is 6.00. The van der Waals surface area contributed by atoms with E-state index < -0.39 is 35.1 Å². The molecule has 1 fully saturated rings. The number of aromatic nitrogens is 3. The van der Waals surface area contributed by atoms with Gasteiger partial charge in [-0.3, -0.25) is 9.78 Å². The Balaban J connectivity index is 1.63. The molecule has 0 radical (unpaired) electrons. The SMILES string of the molecule is Nc1cnc(-c2c(F)cccc2F)nc1C(=O)Cc1cnccc1N1CC[C@@H](O)[C@H](N)C1. The number of nitrogens with two attached hydrogens (primary N) is 2. The fourth-order valence-corrected chi connectivity index (χ4v) is 3.76. The average molecular weight is 440 g/mol. The number of hydrogen-bond donors (Lipinski definition) is 3. The Bertz CT molecular complexity index is 1140. The molecule has 2 aromatic heterocycles. The van der Waals surface area contributed by atoms with Crippen LogP contribution in [-0.4, -0.2) is 51.1 Å². The van der Waals surface area contributed by atoms with Crippen LogP contribution in [0.25, 0.3) is 11.4 Å². The van der Waals surface area contributed by atoms with Crippen molar-refractivity contribution in [2.24, 2.45) is 5.73 Å². The lowest BCUT2D eigenvalue weighted by Crippen LogP contribution is -2.51. The zero-order valence-electron chi connectivity index (χ0n) is 17.1. The van der Waals surface area contributed by atoms with Crippen molar-refractivity contribution in [1.29, 1.82) is 0 Å².